The summed E-state index contributed by atoms with van der Waals surface area (Å²) >= 11 is 3.39. The van der Waals surface area contributed by atoms with Gasteiger partial charge in [-0.05, 0) is 40.2 Å². The molecule has 0 bridgehead atoms. The smallest absolute Gasteiger partial charge is 0.144 e. The van der Waals surface area contributed by atoms with E-state index >= 15 is 0 Å². The van der Waals surface area contributed by atoms with E-state index in [2.05, 4.69) is 32.2 Å². The fourth-order valence-corrected chi connectivity index (χ4v) is 1.83. The van der Waals surface area contributed by atoms with Crippen LogP contribution in [0.1, 0.15) is 5.56 Å². The first-order valence-corrected chi connectivity index (χ1v) is 5.73. The maximum Gasteiger partial charge on any atom is 0.144 e. The highest BCUT2D eigenvalue weighted by molar-refractivity contribution is 9.10. The van der Waals surface area contributed by atoms with E-state index in [-0.39, 0.29) is 0 Å². The van der Waals surface area contributed by atoms with Gasteiger partial charge in [-0.3, -0.25) is 0 Å². The van der Waals surface area contributed by atoms with E-state index in [1.807, 2.05) is 24.3 Å². The minimum atomic E-state index is 0.611. The van der Waals surface area contributed by atoms with E-state index < -0.39 is 0 Å². The molecule has 2 rings (SSSR count). The predicted molar refractivity (Wildman–Crippen MR) is 74.0 cm³/mol. The van der Waals surface area contributed by atoms with Crippen molar-refractivity contribution in [2.24, 2.45) is 0 Å². The maximum atomic E-state index is 5.62. The number of halogens is 1. The minimum absolute atomic E-state index is 0.611. The second kappa shape index (κ2) is 4.89. The number of pyridine rings is 1. The van der Waals surface area contributed by atoms with E-state index in [1.54, 1.807) is 12.3 Å². The zero-order valence-corrected chi connectivity index (χ0v) is 10.5. The summed E-state index contributed by atoms with van der Waals surface area (Å²) in [5.74, 6) is 3.29. The molecule has 17 heavy (non-hydrogen) atoms. The lowest BCUT2D eigenvalue weighted by Crippen LogP contribution is -1.96. The fourth-order valence-electron chi connectivity index (χ4n) is 1.37. The van der Waals surface area contributed by atoms with Crippen molar-refractivity contribution in [3.05, 3.63) is 46.6 Å². The van der Waals surface area contributed by atoms with Crippen LogP contribution in [0.5, 0.6) is 0 Å². The third-order valence-corrected chi connectivity index (χ3v) is 2.76. The monoisotopic (exact) mass is 287 g/mol. The van der Waals surface area contributed by atoms with Crippen molar-refractivity contribution < 1.29 is 0 Å². The van der Waals surface area contributed by atoms with E-state index in [1.165, 1.54) is 0 Å². The van der Waals surface area contributed by atoms with Crippen LogP contribution in [0.3, 0.4) is 0 Å². The first-order chi connectivity index (χ1) is 8.19. The summed E-state index contributed by atoms with van der Waals surface area (Å²) in [4.78, 5) is 4.19. The van der Waals surface area contributed by atoms with Gasteiger partial charge in [0.2, 0.25) is 0 Å². The Labute approximate surface area is 108 Å². The molecule has 0 fully saturated rings. The number of hydrogen-bond acceptors (Lipinski definition) is 3. The second-order valence-electron chi connectivity index (χ2n) is 3.45. The molecule has 2 aromatic rings. The van der Waals surface area contributed by atoms with E-state index in [0.29, 0.717) is 11.5 Å². The molecule has 4 heteroatoms. The van der Waals surface area contributed by atoms with Gasteiger partial charge in [0.05, 0.1) is 16.4 Å². The Bertz CT molecular complexity index is 587. The SMILES string of the molecule is C#Cc1cccc(Nc2ncc(N)cc2Br)c1. The molecule has 0 saturated carbocycles. The number of benzene rings is 1. The van der Waals surface area contributed by atoms with Gasteiger partial charge in [-0.2, -0.15) is 0 Å². The molecule has 0 aliphatic heterocycles. The van der Waals surface area contributed by atoms with Crippen LogP contribution in [-0.4, -0.2) is 4.98 Å². The first kappa shape index (κ1) is 11.5. The van der Waals surface area contributed by atoms with Crippen molar-refractivity contribution in [3.63, 3.8) is 0 Å². The standard InChI is InChI=1S/C13H10BrN3/c1-2-9-4-3-5-11(6-9)17-13-12(14)7-10(15)8-16-13/h1,3-8H,15H2,(H,16,17). The molecule has 0 saturated heterocycles. The zero-order chi connectivity index (χ0) is 12.3. The van der Waals surface area contributed by atoms with Crippen molar-refractivity contribution in [2.45, 2.75) is 0 Å². The van der Waals surface area contributed by atoms with Gasteiger partial charge in [-0.15, -0.1) is 6.42 Å². The van der Waals surface area contributed by atoms with Gasteiger partial charge in [-0.1, -0.05) is 12.0 Å². The van der Waals surface area contributed by atoms with E-state index in [0.717, 1.165) is 15.7 Å². The van der Waals surface area contributed by atoms with Crippen LogP contribution in [0, 0.1) is 12.3 Å². The molecular weight excluding hydrogens is 278 g/mol. The number of nitrogens with one attached hydrogen (secondary N) is 1. The molecule has 0 spiro atoms. The molecule has 0 aliphatic rings. The highest BCUT2D eigenvalue weighted by Crippen LogP contribution is 2.25. The highest BCUT2D eigenvalue weighted by atomic mass is 79.9. The van der Waals surface area contributed by atoms with Crippen LogP contribution in [0.2, 0.25) is 0 Å². The Morgan fingerprint density at radius 2 is 2.18 bits per heavy atom. The summed E-state index contributed by atoms with van der Waals surface area (Å²) in [6.45, 7) is 0. The average Bonchev–Trinajstić information content (AvgIpc) is 2.33. The van der Waals surface area contributed by atoms with Crippen molar-refractivity contribution in [1.29, 1.82) is 0 Å². The summed E-state index contributed by atoms with van der Waals surface area (Å²) in [7, 11) is 0. The Morgan fingerprint density at radius 3 is 2.88 bits per heavy atom. The van der Waals surface area contributed by atoms with E-state index in [9.17, 15) is 0 Å². The molecule has 84 valence electrons. The summed E-state index contributed by atoms with van der Waals surface area (Å²) in [6, 6.07) is 9.36. The van der Waals surface area contributed by atoms with Gasteiger partial charge in [0.15, 0.2) is 0 Å². The van der Waals surface area contributed by atoms with Gasteiger partial charge in [-0.25, -0.2) is 4.98 Å². The number of nitrogens with two attached hydrogens (primary N) is 1. The van der Waals surface area contributed by atoms with Crippen molar-refractivity contribution in [1.82, 2.24) is 4.98 Å². The summed E-state index contributed by atoms with van der Waals surface area (Å²) in [6.07, 6.45) is 6.94. The van der Waals surface area contributed by atoms with Gasteiger partial charge < -0.3 is 11.1 Å². The Balaban J connectivity index is 2.28. The molecule has 3 N–H and O–H groups in total. The molecule has 3 nitrogen and oxygen atoms in total. The Hall–Kier alpha value is -1.99. The Kier molecular flexibility index (Phi) is 3.31. The minimum Gasteiger partial charge on any atom is -0.397 e. The van der Waals surface area contributed by atoms with Gasteiger partial charge in [0, 0.05) is 11.3 Å². The quantitative estimate of drug-likeness (QED) is 0.835. The highest BCUT2D eigenvalue weighted by Gasteiger charge is 2.02. The van der Waals surface area contributed by atoms with Crippen LogP contribution in [0.25, 0.3) is 0 Å². The van der Waals surface area contributed by atoms with Crippen LogP contribution < -0.4 is 11.1 Å². The van der Waals surface area contributed by atoms with E-state index in [4.69, 9.17) is 12.2 Å². The molecule has 1 aromatic carbocycles. The first-order valence-electron chi connectivity index (χ1n) is 4.94. The number of hydrogen-bond donors (Lipinski definition) is 2. The van der Waals surface area contributed by atoms with Gasteiger partial charge >= 0.3 is 0 Å². The molecule has 1 aromatic heterocycles. The number of nitrogen functional groups attached to an aromatic ring is 1. The average molecular weight is 288 g/mol. The fraction of sp³-hybridized carbons (Fsp3) is 0. The number of anilines is 3. The number of terminal acetylenes is 1. The van der Waals surface area contributed by atoms with Crippen LogP contribution >= 0.6 is 15.9 Å². The number of nitrogens with zero attached hydrogens (tertiary/aromatic N) is 1. The maximum absolute atomic E-state index is 5.62. The summed E-state index contributed by atoms with van der Waals surface area (Å²) < 4.78 is 0.809. The summed E-state index contributed by atoms with van der Waals surface area (Å²) in [5, 5.41) is 3.17. The molecule has 0 amide bonds. The lowest BCUT2D eigenvalue weighted by Gasteiger charge is -2.08. The van der Waals surface area contributed by atoms with Crippen LogP contribution in [0.4, 0.5) is 17.2 Å². The lowest BCUT2D eigenvalue weighted by atomic mass is 10.2. The molecule has 0 radical (unpaired) electrons. The largest absolute Gasteiger partial charge is 0.397 e. The van der Waals surface area contributed by atoms with Gasteiger partial charge in [0.25, 0.3) is 0 Å². The third kappa shape index (κ3) is 2.77. The van der Waals surface area contributed by atoms with Crippen molar-refractivity contribution in [3.8, 4) is 12.3 Å². The zero-order valence-electron chi connectivity index (χ0n) is 8.94. The molecule has 0 atom stereocenters. The molecular formula is C13H10BrN3. The summed E-state index contributed by atoms with van der Waals surface area (Å²) in [5.41, 5.74) is 7.94. The third-order valence-electron chi connectivity index (χ3n) is 2.15. The van der Waals surface area contributed by atoms with Crippen LogP contribution in [-0.2, 0) is 0 Å². The lowest BCUT2D eigenvalue weighted by molar-refractivity contribution is 1.29. The predicted octanol–water partition coefficient (Wildman–Crippen LogP) is 3.15. The molecule has 0 unspecified atom stereocenters. The Morgan fingerprint density at radius 1 is 1.35 bits per heavy atom. The van der Waals surface area contributed by atoms with Crippen molar-refractivity contribution >= 4 is 33.1 Å². The molecule has 1 heterocycles. The number of rotatable bonds is 2. The topological polar surface area (TPSA) is 50.9 Å². The van der Waals surface area contributed by atoms with Gasteiger partial charge in [0.1, 0.15) is 5.82 Å². The number of aromatic nitrogens is 1. The normalized spacial score (nSPS) is 9.65. The van der Waals surface area contributed by atoms with Crippen molar-refractivity contribution in [2.75, 3.05) is 11.1 Å². The molecule has 0 aliphatic carbocycles. The van der Waals surface area contributed by atoms with Crippen LogP contribution in [0.15, 0.2) is 41.0 Å². The second-order valence-corrected chi connectivity index (χ2v) is 4.30.